The summed E-state index contributed by atoms with van der Waals surface area (Å²) in [6.45, 7) is 0.0871. The normalized spacial score (nSPS) is 37.6. The molecule has 0 saturated carbocycles. The summed E-state index contributed by atoms with van der Waals surface area (Å²) < 4.78 is 79.4. The molecule has 0 amide bonds. The van der Waals surface area contributed by atoms with Gasteiger partial charge in [-0.15, -0.1) is 0 Å². The Balaban J connectivity index is 2.19. The van der Waals surface area contributed by atoms with E-state index >= 15 is 0 Å². The Labute approximate surface area is 144 Å². The van der Waals surface area contributed by atoms with Crippen molar-refractivity contribution < 1.29 is 67.5 Å². The fraction of sp³-hybridized carbons (Fsp3) is 0.889. The molecule has 0 spiro atoms. The molecule has 0 aromatic rings. The van der Waals surface area contributed by atoms with Gasteiger partial charge in [0, 0.05) is 0 Å². The summed E-state index contributed by atoms with van der Waals surface area (Å²) in [4.78, 5) is 11.9. The van der Waals surface area contributed by atoms with Crippen LogP contribution in [0.4, 0.5) is 22.0 Å². The molecule has 2 saturated heterocycles. The second-order valence-electron chi connectivity index (χ2n) is 4.59. The van der Waals surface area contributed by atoms with Gasteiger partial charge in [-0.3, -0.25) is 0 Å². The summed E-state index contributed by atoms with van der Waals surface area (Å²) >= 11 is 1.18. The molecule has 130 valence electrons. The third-order valence-corrected chi connectivity index (χ3v) is 7.67. The monoisotopic (exact) mass is 560 g/mol. The molecule has 22 heavy (non-hydrogen) atoms. The number of nitrogens with one attached hydrogen (secondary N) is 1. The van der Waals surface area contributed by atoms with Crippen molar-refractivity contribution in [2.45, 2.75) is 38.6 Å². The fourth-order valence-corrected chi connectivity index (χ4v) is 4.78. The Bertz CT molecular complexity index is 472. The number of carbonyl (C=O) groups is 1. The molecular weight excluding hydrogens is 551 g/mol. The van der Waals surface area contributed by atoms with Crippen molar-refractivity contribution in [3.63, 3.8) is 0 Å². The Hall–Kier alpha value is 0.420. The van der Waals surface area contributed by atoms with E-state index in [9.17, 15) is 26.7 Å². The van der Waals surface area contributed by atoms with Crippen LogP contribution in [0, 0.1) is 0 Å². The molecule has 6 nitrogen and oxygen atoms in total. The first-order valence-corrected chi connectivity index (χ1v) is 8.94. The van der Waals surface area contributed by atoms with Crippen molar-refractivity contribution in [3.8, 4) is 0 Å². The molecule has 2 heterocycles. The van der Waals surface area contributed by atoms with Crippen LogP contribution >= 0.6 is 22.6 Å². The number of carbonyl (C=O) groups excluding carboxylic acids is 1. The van der Waals surface area contributed by atoms with Crippen molar-refractivity contribution in [1.29, 1.82) is 0 Å². The van der Waals surface area contributed by atoms with E-state index in [0.717, 1.165) is 0 Å². The van der Waals surface area contributed by atoms with Crippen LogP contribution in [-0.2, 0) is 19.0 Å². The second-order valence-corrected chi connectivity index (χ2v) is 9.32. The number of ether oxygens (including phenoxy) is 3. The molecule has 0 aromatic heterocycles. The van der Waals surface area contributed by atoms with E-state index in [1.54, 1.807) is 22.6 Å². The Morgan fingerprint density at radius 3 is 2.50 bits per heavy atom. The van der Waals surface area contributed by atoms with Crippen LogP contribution in [0.25, 0.3) is 0 Å². The molecule has 0 bridgehead atoms. The first kappa shape index (κ1) is 18.8. The van der Waals surface area contributed by atoms with Gasteiger partial charge >= 0.3 is 145 Å². The first-order valence-electron chi connectivity index (χ1n) is 5.54. The van der Waals surface area contributed by atoms with Gasteiger partial charge in [-0.05, 0) is 0 Å². The average molecular weight is 560 g/mol. The van der Waals surface area contributed by atoms with Gasteiger partial charge in [0.2, 0.25) is 0 Å². The summed E-state index contributed by atoms with van der Waals surface area (Å²) in [7, 11) is 0. The number of hydrogen-bond acceptors (Lipinski definition) is 6. The predicted octanol–water partition coefficient (Wildman–Crippen LogP) is -2.13. The molecular formula is C9H9F5I2NO5-. The minimum atomic E-state index is -5.80. The molecule has 0 radical (unpaired) electrons. The summed E-state index contributed by atoms with van der Waals surface area (Å²) in [5.41, 5.74) is 0. The molecule has 13 heteroatoms. The van der Waals surface area contributed by atoms with Crippen molar-refractivity contribution in [1.82, 2.24) is 3.53 Å². The predicted molar refractivity (Wildman–Crippen MR) is 62.2 cm³/mol. The van der Waals surface area contributed by atoms with Crippen molar-refractivity contribution >= 4 is 28.6 Å². The van der Waals surface area contributed by atoms with Crippen LogP contribution in [0.5, 0.6) is 0 Å². The minimum absolute atomic E-state index is 0.241. The van der Waals surface area contributed by atoms with E-state index in [2.05, 4.69) is 17.7 Å². The van der Waals surface area contributed by atoms with Gasteiger partial charge < -0.3 is 0 Å². The Morgan fingerprint density at radius 2 is 2.05 bits per heavy atom. The van der Waals surface area contributed by atoms with E-state index in [1.165, 1.54) is 6.92 Å². The zero-order chi connectivity index (χ0) is 17.0. The quantitative estimate of drug-likeness (QED) is 0.0782. The van der Waals surface area contributed by atoms with Crippen molar-refractivity contribution in [2.24, 2.45) is 0 Å². The molecule has 2 aliphatic rings. The number of rotatable bonds is 3. The van der Waals surface area contributed by atoms with Gasteiger partial charge in [-0.2, -0.15) is 0 Å². The Morgan fingerprint density at radius 1 is 1.50 bits per heavy atom. The maximum atomic E-state index is 13.9. The molecule has 0 aliphatic carbocycles. The van der Waals surface area contributed by atoms with Crippen LogP contribution in [0.15, 0.2) is 0 Å². The van der Waals surface area contributed by atoms with Gasteiger partial charge in [0.25, 0.3) is 0 Å². The molecule has 4 atom stereocenters. The number of halogens is 7. The first-order chi connectivity index (χ1) is 9.84. The van der Waals surface area contributed by atoms with Crippen LogP contribution < -0.4 is 25.0 Å². The summed E-state index contributed by atoms with van der Waals surface area (Å²) in [6.07, 6.45) is -8.71. The van der Waals surface area contributed by atoms with Crippen LogP contribution in [0.2, 0.25) is 0 Å². The van der Waals surface area contributed by atoms with Crippen molar-refractivity contribution in [3.05, 3.63) is 0 Å². The topological polar surface area (TPSA) is 86.9 Å². The summed E-state index contributed by atoms with van der Waals surface area (Å²) in [6, 6.07) is 0. The fourth-order valence-electron chi connectivity index (χ4n) is 1.47. The molecule has 0 aromatic carbocycles. The number of esters is 1. The van der Waals surface area contributed by atoms with Crippen LogP contribution in [0.3, 0.4) is 0 Å². The summed E-state index contributed by atoms with van der Waals surface area (Å²) in [5.74, 6) is -11.0. The maximum absolute atomic E-state index is 13.9. The third kappa shape index (κ3) is 3.03. The standard InChI is InChI=1S/C9H9F5I2NO5/c1-6(15,3-16-17-3)4(18)22-5-7(10,11)8(19,9(12,13)14)21-2-20-5/h3,5,17,19H,2H2,1H3/q-1. The number of aliphatic hydroxyl groups is 1. The van der Waals surface area contributed by atoms with E-state index in [-0.39, 0.29) is 4.05 Å². The van der Waals surface area contributed by atoms with Gasteiger partial charge in [-0.25, -0.2) is 0 Å². The van der Waals surface area contributed by atoms with E-state index in [0.29, 0.717) is 0 Å². The molecule has 2 fully saturated rings. The summed E-state index contributed by atoms with van der Waals surface area (Å²) in [5, 5.41) is 9.17. The molecule has 2 rings (SSSR count). The zero-order valence-corrected chi connectivity index (χ0v) is 14.9. The van der Waals surface area contributed by atoms with Gasteiger partial charge in [0.05, 0.1) is 0 Å². The van der Waals surface area contributed by atoms with E-state index < -0.39 is 61.8 Å². The number of hydrogen-bond donors (Lipinski definition) is 2. The second kappa shape index (κ2) is 5.75. The van der Waals surface area contributed by atoms with E-state index in [1.807, 2.05) is 0 Å². The Kier molecular flexibility index (Phi) is 4.90. The van der Waals surface area contributed by atoms with Crippen LogP contribution in [0.1, 0.15) is 6.92 Å². The van der Waals surface area contributed by atoms with Gasteiger partial charge in [0.15, 0.2) is 0 Å². The van der Waals surface area contributed by atoms with Crippen LogP contribution in [-0.4, -0.2) is 49.5 Å². The van der Waals surface area contributed by atoms with Crippen molar-refractivity contribution in [2.75, 3.05) is 6.79 Å². The molecule has 2 N–H and O–H groups in total. The number of alkyl halides is 7. The zero-order valence-electron chi connectivity index (χ0n) is 10.6. The van der Waals surface area contributed by atoms with Gasteiger partial charge in [0.1, 0.15) is 0 Å². The van der Waals surface area contributed by atoms with E-state index in [4.69, 9.17) is 5.11 Å². The van der Waals surface area contributed by atoms with Gasteiger partial charge in [-0.1, -0.05) is 0 Å². The molecule has 4 unspecified atom stereocenters. The average Bonchev–Trinajstić information content (AvgIpc) is 3.18. The third-order valence-electron chi connectivity index (χ3n) is 2.93. The molecule has 2 aliphatic heterocycles. The SMILES string of the molecule is CC(I)(C(=O)OC1OCOC(O)(C(F)(F)F)C1(F)F)C1N[I-]1.